The van der Waals surface area contributed by atoms with Crippen molar-refractivity contribution >= 4 is 28.3 Å². The fourth-order valence-electron chi connectivity index (χ4n) is 6.59. The summed E-state index contributed by atoms with van der Waals surface area (Å²) in [4.78, 5) is 34.9. The summed E-state index contributed by atoms with van der Waals surface area (Å²) >= 11 is 0. The predicted molar refractivity (Wildman–Crippen MR) is 160 cm³/mol. The minimum atomic E-state index is -0.219. The number of hydrogen-bond acceptors (Lipinski definition) is 7. The average Bonchev–Trinajstić information content (AvgIpc) is 3.59. The average molecular weight is 555 g/mol. The zero-order chi connectivity index (χ0) is 28.5. The molecule has 1 amide bonds. The number of likely N-dealkylation sites (N-methyl/N-ethyl adjacent to an activating group) is 1. The molecule has 10 heteroatoms. The van der Waals surface area contributed by atoms with Gasteiger partial charge in [0.15, 0.2) is 0 Å². The van der Waals surface area contributed by atoms with E-state index in [1.165, 1.54) is 29.1 Å². The van der Waals surface area contributed by atoms with E-state index < -0.39 is 0 Å². The number of piperazine rings is 1. The van der Waals surface area contributed by atoms with Crippen molar-refractivity contribution in [1.82, 2.24) is 24.3 Å². The van der Waals surface area contributed by atoms with Crippen molar-refractivity contribution in [1.29, 1.82) is 0 Å². The van der Waals surface area contributed by atoms with Crippen LogP contribution in [0.25, 0.3) is 15.7 Å². The molecule has 2 aromatic heterocycles. The monoisotopic (exact) mass is 554 g/mol. The van der Waals surface area contributed by atoms with E-state index in [9.17, 15) is 4.79 Å². The Hall–Kier alpha value is -4.10. The van der Waals surface area contributed by atoms with E-state index in [-0.39, 0.29) is 18.5 Å². The van der Waals surface area contributed by atoms with Gasteiger partial charge in [0.1, 0.15) is 18.5 Å². The van der Waals surface area contributed by atoms with Gasteiger partial charge in [-0.2, -0.15) is 9.97 Å². The van der Waals surface area contributed by atoms with Crippen LogP contribution in [0.4, 0.5) is 11.5 Å². The van der Waals surface area contributed by atoms with E-state index in [0.717, 1.165) is 43.0 Å². The SMILES string of the molecule is [C-]#[N+]C[C@H]1CN(c2nc(OC[C@@H]3CCCN3C)nc3c2CCN(c2cccc4ccn(C)c24)C3)CCN1C(=O)C=C. The van der Waals surface area contributed by atoms with Crippen molar-refractivity contribution in [2.24, 2.45) is 7.05 Å². The Morgan fingerprint density at radius 3 is 2.80 bits per heavy atom. The summed E-state index contributed by atoms with van der Waals surface area (Å²) in [5, 5.41) is 1.22. The van der Waals surface area contributed by atoms with Crippen molar-refractivity contribution in [2.45, 2.75) is 37.9 Å². The van der Waals surface area contributed by atoms with Crippen LogP contribution in [0.5, 0.6) is 6.01 Å². The molecular formula is C31H38N8O2. The largest absolute Gasteiger partial charge is 0.462 e. The molecule has 0 spiro atoms. The fourth-order valence-corrected chi connectivity index (χ4v) is 6.59. The van der Waals surface area contributed by atoms with E-state index in [1.807, 2.05) is 0 Å². The number of benzene rings is 1. The molecule has 2 saturated heterocycles. The van der Waals surface area contributed by atoms with Gasteiger partial charge in [0.05, 0.1) is 23.4 Å². The lowest BCUT2D eigenvalue weighted by Gasteiger charge is -2.41. The molecule has 2 atom stereocenters. The summed E-state index contributed by atoms with van der Waals surface area (Å²) < 4.78 is 8.47. The molecule has 2 fully saturated rings. The van der Waals surface area contributed by atoms with Crippen molar-refractivity contribution < 1.29 is 9.53 Å². The van der Waals surface area contributed by atoms with E-state index in [4.69, 9.17) is 21.3 Å². The van der Waals surface area contributed by atoms with Gasteiger partial charge in [0, 0.05) is 56.4 Å². The van der Waals surface area contributed by atoms with Gasteiger partial charge in [-0.15, -0.1) is 0 Å². The van der Waals surface area contributed by atoms with Crippen LogP contribution in [0.1, 0.15) is 24.1 Å². The van der Waals surface area contributed by atoms with E-state index >= 15 is 0 Å². The number of aromatic nitrogens is 3. The first-order valence-corrected chi connectivity index (χ1v) is 14.5. The molecule has 6 rings (SSSR count). The first-order chi connectivity index (χ1) is 20.0. The van der Waals surface area contributed by atoms with Gasteiger partial charge in [-0.25, -0.2) is 6.57 Å². The smallest absolute Gasteiger partial charge is 0.318 e. The Labute approximate surface area is 241 Å². The number of likely N-dealkylation sites (tertiary alicyclic amines) is 1. The summed E-state index contributed by atoms with van der Waals surface area (Å²) in [6.07, 6.45) is 6.54. The Balaban J connectivity index is 1.33. The molecule has 214 valence electrons. The first kappa shape index (κ1) is 27.1. The second-order valence-corrected chi connectivity index (χ2v) is 11.3. The molecule has 0 aliphatic carbocycles. The number of hydrogen-bond donors (Lipinski definition) is 0. The Morgan fingerprint density at radius 2 is 2.02 bits per heavy atom. The second-order valence-electron chi connectivity index (χ2n) is 11.3. The van der Waals surface area contributed by atoms with Crippen LogP contribution in [0.15, 0.2) is 43.1 Å². The molecular weight excluding hydrogens is 516 g/mol. The second kappa shape index (κ2) is 11.4. The summed E-state index contributed by atoms with van der Waals surface area (Å²) in [5.74, 6) is 0.750. The van der Waals surface area contributed by atoms with Gasteiger partial charge in [-0.3, -0.25) is 4.79 Å². The maximum Gasteiger partial charge on any atom is 0.318 e. The fraction of sp³-hybridized carbons (Fsp3) is 0.484. The third-order valence-corrected chi connectivity index (χ3v) is 8.86. The van der Waals surface area contributed by atoms with Crippen molar-refractivity contribution in [3.05, 3.63) is 65.8 Å². The van der Waals surface area contributed by atoms with E-state index in [2.05, 4.69) is 75.2 Å². The highest BCUT2D eigenvalue weighted by atomic mass is 16.5. The molecule has 0 unspecified atom stereocenters. The number of amides is 1. The zero-order valence-electron chi connectivity index (χ0n) is 24.0. The number of fused-ring (bicyclic) bond motifs is 2. The van der Waals surface area contributed by atoms with Gasteiger partial charge >= 0.3 is 6.01 Å². The summed E-state index contributed by atoms with van der Waals surface area (Å²) in [6.45, 7) is 16.2. The molecule has 0 N–H and O–H groups in total. The summed E-state index contributed by atoms with van der Waals surface area (Å²) in [6, 6.07) is 9.16. The number of para-hydroxylation sites is 1. The molecule has 41 heavy (non-hydrogen) atoms. The van der Waals surface area contributed by atoms with Crippen LogP contribution in [0.3, 0.4) is 0 Å². The van der Waals surface area contributed by atoms with Crippen LogP contribution < -0.4 is 14.5 Å². The lowest BCUT2D eigenvalue weighted by Crippen LogP contribution is -2.56. The Morgan fingerprint density at radius 1 is 1.15 bits per heavy atom. The van der Waals surface area contributed by atoms with Gasteiger partial charge in [-0.05, 0) is 51.1 Å². The molecule has 3 aliphatic rings. The lowest BCUT2D eigenvalue weighted by molar-refractivity contribution is -0.128. The van der Waals surface area contributed by atoms with Crippen LogP contribution in [0.2, 0.25) is 0 Å². The highest BCUT2D eigenvalue weighted by Crippen LogP contribution is 2.35. The van der Waals surface area contributed by atoms with Gasteiger partial charge in [0.2, 0.25) is 12.5 Å². The highest BCUT2D eigenvalue weighted by molar-refractivity contribution is 5.92. The van der Waals surface area contributed by atoms with Crippen molar-refractivity contribution in [3.63, 3.8) is 0 Å². The Bertz CT molecular complexity index is 1490. The summed E-state index contributed by atoms with van der Waals surface area (Å²) in [5.41, 5.74) is 4.53. The third kappa shape index (κ3) is 5.22. The maximum atomic E-state index is 12.5. The quantitative estimate of drug-likeness (QED) is 0.328. The molecule has 0 bridgehead atoms. The number of carbonyl (C=O) groups is 1. The third-order valence-electron chi connectivity index (χ3n) is 8.86. The molecule has 0 saturated carbocycles. The predicted octanol–water partition coefficient (Wildman–Crippen LogP) is 3.13. The maximum absolute atomic E-state index is 12.5. The zero-order valence-corrected chi connectivity index (χ0v) is 24.0. The molecule has 3 aliphatic heterocycles. The van der Waals surface area contributed by atoms with Gasteiger partial charge in [-0.1, -0.05) is 18.7 Å². The van der Waals surface area contributed by atoms with Gasteiger partial charge < -0.3 is 33.7 Å². The topological polar surface area (TPSA) is 74.3 Å². The molecule has 1 aromatic carbocycles. The normalized spacial score (nSPS) is 21.1. The molecule has 10 nitrogen and oxygen atoms in total. The molecule has 0 radical (unpaired) electrons. The minimum absolute atomic E-state index is 0.127. The minimum Gasteiger partial charge on any atom is -0.462 e. The van der Waals surface area contributed by atoms with Crippen LogP contribution in [0, 0.1) is 6.57 Å². The van der Waals surface area contributed by atoms with Crippen molar-refractivity contribution in [3.8, 4) is 6.01 Å². The number of carbonyl (C=O) groups excluding carboxylic acids is 1. The van der Waals surface area contributed by atoms with Gasteiger partial charge in [0.25, 0.3) is 0 Å². The van der Waals surface area contributed by atoms with Crippen molar-refractivity contribution in [2.75, 3.05) is 62.7 Å². The number of anilines is 2. The number of aryl methyl sites for hydroxylation is 1. The van der Waals surface area contributed by atoms with E-state index in [0.29, 0.717) is 44.8 Å². The number of rotatable bonds is 7. The Kier molecular flexibility index (Phi) is 7.54. The standard InChI is InChI=1S/C31H38N8O2/c1-5-28(40)39-17-16-38(19-24(39)18-32-2)30-25-12-15-37(27-10-6-8-22-11-14-36(4)29(22)27)20-26(25)33-31(34-30)41-21-23-9-7-13-35(23)3/h5-6,8,10-11,14,23-24H,1,7,9,12-13,15-21H2,3-4H3/t23-,24-/m0/s1. The van der Waals surface area contributed by atoms with Crippen LogP contribution in [-0.4, -0.2) is 95.2 Å². The number of nitrogens with zero attached hydrogens (tertiary/aromatic N) is 8. The lowest BCUT2D eigenvalue weighted by atomic mass is 10.0. The summed E-state index contributed by atoms with van der Waals surface area (Å²) in [7, 11) is 4.23. The number of ether oxygens (including phenoxy) is 1. The molecule has 5 heterocycles. The van der Waals surface area contributed by atoms with E-state index in [1.54, 1.807) is 4.90 Å². The van der Waals surface area contributed by atoms with Crippen LogP contribution >= 0.6 is 0 Å². The molecule has 3 aromatic rings. The highest BCUT2D eigenvalue weighted by Gasteiger charge is 2.35. The first-order valence-electron chi connectivity index (χ1n) is 14.5. The van der Waals surface area contributed by atoms with Crippen LogP contribution in [-0.2, 0) is 24.8 Å².